The number of thiophene rings is 1. The van der Waals surface area contributed by atoms with Crippen LogP contribution in [0, 0.1) is 0 Å². The van der Waals surface area contributed by atoms with Crippen LogP contribution in [0.5, 0.6) is 0 Å². The van der Waals surface area contributed by atoms with Crippen molar-refractivity contribution in [3.05, 3.63) is 28.7 Å². The van der Waals surface area contributed by atoms with E-state index in [-0.39, 0.29) is 0 Å². The highest BCUT2D eigenvalue weighted by molar-refractivity contribution is 7.10. The molecule has 1 nitrogen and oxygen atoms in total. The number of hydrogen-bond acceptors (Lipinski definition) is 2. The molecule has 1 aromatic heterocycles. The Hall–Kier alpha value is -0.760. The number of rotatable bonds is 1. The number of hydrogen-bond donors (Lipinski definition) is 1. The van der Waals surface area contributed by atoms with E-state index in [1.54, 1.807) is 17.4 Å². The van der Waals surface area contributed by atoms with Crippen molar-refractivity contribution in [2.24, 2.45) is 0 Å². The molecule has 0 saturated carbocycles. The maximum absolute atomic E-state index is 8.26. The van der Waals surface area contributed by atoms with Crippen LogP contribution in [0.1, 0.15) is 4.88 Å². The molecule has 1 heterocycles. The first-order valence-electron chi connectivity index (χ1n) is 2.28. The first-order valence-corrected chi connectivity index (χ1v) is 3.16. The van der Waals surface area contributed by atoms with Crippen LogP contribution >= 0.6 is 11.3 Å². The van der Waals surface area contributed by atoms with E-state index in [0.29, 0.717) is 0 Å². The van der Waals surface area contributed by atoms with Crippen LogP contribution in [0.15, 0.2) is 23.8 Å². The molecule has 0 saturated heterocycles. The van der Waals surface area contributed by atoms with E-state index in [0.717, 1.165) is 11.1 Å². The fourth-order valence-electron chi connectivity index (χ4n) is 0.460. The van der Waals surface area contributed by atoms with Gasteiger partial charge in [-0.1, -0.05) is 6.07 Å². The lowest BCUT2D eigenvalue weighted by atomic mass is 10.5. The zero-order valence-electron chi connectivity index (χ0n) is 4.24. The van der Waals surface area contributed by atoms with E-state index >= 15 is 0 Å². The van der Waals surface area contributed by atoms with Crippen LogP contribution in [0.4, 0.5) is 0 Å². The molecule has 2 heteroatoms. The second kappa shape index (κ2) is 2.52. The molecule has 0 aliphatic rings. The third-order valence-electron chi connectivity index (χ3n) is 0.782. The molecule has 0 atom stereocenters. The second-order valence-corrected chi connectivity index (χ2v) is 2.31. The molecule has 0 radical (unpaired) electrons. The highest BCUT2D eigenvalue weighted by atomic mass is 32.1. The van der Waals surface area contributed by atoms with Gasteiger partial charge in [0, 0.05) is 4.88 Å². The molecular formula is C6H6OS. The van der Waals surface area contributed by atoms with E-state index in [9.17, 15) is 0 Å². The highest BCUT2D eigenvalue weighted by Crippen LogP contribution is 2.08. The predicted octanol–water partition coefficient (Wildman–Crippen LogP) is 2.28. The molecule has 0 unspecified atom stereocenters. The highest BCUT2D eigenvalue weighted by Gasteiger charge is 1.81. The van der Waals surface area contributed by atoms with Gasteiger partial charge in [0.15, 0.2) is 0 Å². The minimum atomic E-state index is 1.05. The van der Waals surface area contributed by atoms with Crippen LogP contribution in [-0.4, -0.2) is 5.11 Å². The van der Waals surface area contributed by atoms with Crippen molar-refractivity contribution < 1.29 is 5.11 Å². The Morgan fingerprint density at radius 2 is 2.50 bits per heavy atom. The summed E-state index contributed by atoms with van der Waals surface area (Å²) < 4.78 is 0. The van der Waals surface area contributed by atoms with Gasteiger partial charge in [-0.15, -0.1) is 11.3 Å². The van der Waals surface area contributed by atoms with Gasteiger partial charge in [0.25, 0.3) is 0 Å². The van der Waals surface area contributed by atoms with Crippen molar-refractivity contribution in [2.45, 2.75) is 0 Å². The molecule has 0 fully saturated rings. The zero-order valence-corrected chi connectivity index (χ0v) is 5.06. The fourth-order valence-corrected chi connectivity index (χ4v) is 1.07. The molecule has 1 N–H and O–H groups in total. The summed E-state index contributed by atoms with van der Waals surface area (Å²) in [6, 6.07) is 3.89. The number of aliphatic hydroxyl groups is 1. The van der Waals surface area contributed by atoms with Crippen LogP contribution in [0.2, 0.25) is 0 Å². The third kappa shape index (κ3) is 1.10. The van der Waals surface area contributed by atoms with Gasteiger partial charge in [-0.2, -0.15) is 0 Å². The summed E-state index contributed by atoms with van der Waals surface area (Å²) in [6.07, 6.45) is 2.70. The zero-order chi connectivity index (χ0) is 5.82. The summed E-state index contributed by atoms with van der Waals surface area (Å²) in [4.78, 5) is 1.08. The Bertz CT molecular complexity index is 165. The van der Waals surface area contributed by atoms with Gasteiger partial charge in [0.1, 0.15) is 0 Å². The van der Waals surface area contributed by atoms with Crippen LogP contribution in [0.3, 0.4) is 0 Å². The maximum atomic E-state index is 8.26. The van der Waals surface area contributed by atoms with Gasteiger partial charge < -0.3 is 5.11 Å². The molecule has 1 rings (SSSR count). The minimum Gasteiger partial charge on any atom is -0.516 e. The molecule has 0 spiro atoms. The molecule has 0 amide bonds. The van der Waals surface area contributed by atoms with E-state index < -0.39 is 0 Å². The molecule has 0 aliphatic heterocycles. The standard InChI is InChI=1S/C6H6OS/c7-4-3-6-2-1-5-8-6/h1-5,7H/b4-3+. The monoisotopic (exact) mass is 126 g/mol. The lowest BCUT2D eigenvalue weighted by Crippen LogP contribution is -1.52. The van der Waals surface area contributed by atoms with Crippen LogP contribution in [0.25, 0.3) is 6.08 Å². The Kier molecular flexibility index (Phi) is 1.70. The summed E-state index contributed by atoms with van der Waals surface area (Å²) in [5.41, 5.74) is 0. The Balaban J connectivity index is 2.77. The van der Waals surface area contributed by atoms with E-state index in [4.69, 9.17) is 5.11 Å². The van der Waals surface area contributed by atoms with Gasteiger partial charge in [-0.3, -0.25) is 0 Å². The molecule has 42 valence electrons. The summed E-state index contributed by atoms with van der Waals surface area (Å²) in [6.45, 7) is 0. The third-order valence-corrected chi connectivity index (χ3v) is 1.62. The van der Waals surface area contributed by atoms with Crippen molar-refractivity contribution in [2.75, 3.05) is 0 Å². The van der Waals surface area contributed by atoms with Crippen molar-refractivity contribution in [1.29, 1.82) is 0 Å². The van der Waals surface area contributed by atoms with E-state index in [1.165, 1.54) is 0 Å². The van der Waals surface area contributed by atoms with Crippen LogP contribution < -0.4 is 0 Å². The first kappa shape index (κ1) is 5.38. The molecule has 0 bridgehead atoms. The first-order chi connectivity index (χ1) is 3.93. The van der Waals surface area contributed by atoms with Gasteiger partial charge in [0.2, 0.25) is 0 Å². The average molecular weight is 126 g/mol. The summed E-state index contributed by atoms with van der Waals surface area (Å²) >= 11 is 1.60. The molecule has 8 heavy (non-hydrogen) atoms. The lowest BCUT2D eigenvalue weighted by molar-refractivity contribution is 0.478. The summed E-state index contributed by atoms with van der Waals surface area (Å²) in [7, 11) is 0. The largest absolute Gasteiger partial charge is 0.516 e. The number of aliphatic hydroxyl groups excluding tert-OH is 1. The smallest absolute Gasteiger partial charge is 0.0805 e. The van der Waals surface area contributed by atoms with Crippen molar-refractivity contribution in [3.63, 3.8) is 0 Å². The lowest BCUT2D eigenvalue weighted by Gasteiger charge is -1.74. The Morgan fingerprint density at radius 1 is 1.62 bits per heavy atom. The minimum absolute atomic E-state index is 1.05. The molecule has 1 aromatic rings. The molecule has 0 aromatic carbocycles. The molecule has 0 aliphatic carbocycles. The van der Waals surface area contributed by atoms with Gasteiger partial charge in [-0.05, 0) is 17.5 Å². The average Bonchev–Trinajstić information content (AvgIpc) is 2.19. The summed E-state index contributed by atoms with van der Waals surface area (Å²) in [5, 5.41) is 10.2. The quantitative estimate of drug-likeness (QED) is 0.572. The normalized spacial score (nSPS) is 10.5. The topological polar surface area (TPSA) is 20.2 Å². The summed E-state index contributed by atoms with van der Waals surface area (Å²) in [5.74, 6) is 0. The van der Waals surface area contributed by atoms with Crippen molar-refractivity contribution in [1.82, 2.24) is 0 Å². The van der Waals surface area contributed by atoms with Crippen molar-refractivity contribution in [3.8, 4) is 0 Å². The van der Waals surface area contributed by atoms with Gasteiger partial charge in [0.05, 0.1) is 6.26 Å². The molecular weight excluding hydrogens is 120 g/mol. The van der Waals surface area contributed by atoms with E-state index in [2.05, 4.69) is 0 Å². The van der Waals surface area contributed by atoms with Crippen LogP contribution in [-0.2, 0) is 0 Å². The second-order valence-electron chi connectivity index (χ2n) is 1.33. The van der Waals surface area contributed by atoms with Crippen molar-refractivity contribution >= 4 is 17.4 Å². The Morgan fingerprint density at radius 3 is 3.00 bits per heavy atom. The predicted molar refractivity (Wildman–Crippen MR) is 36.0 cm³/mol. The fraction of sp³-hybridized carbons (Fsp3) is 0. The van der Waals surface area contributed by atoms with E-state index in [1.807, 2.05) is 17.5 Å². The Labute approximate surface area is 51.9 Å². The van der Waals surface area contributed by atoms with Gasteiger partial charge in [-0.25, -0.2) is 0 Å². The van der Waals surface area contributed by atoms with Gasteiger partial charge >= 0.3 is 0 Å². The SMILES string of the molecule is O/C=C/c1cccs1. The maximum Gasteiger partial charge on any atom is 0.0805 e.